The number of aromatic nitrogens is 3. The van der Waals surface area contributed by atoms with Gasteiger partial charge in [0.1, 0.15) is 5.69 Å². The van der Waals surface area contributed by atoms with Crippen LogP contribution in [0.2, 0.25) is 0 Å². The third-order valence-electron chi connectivity index (χ3n) is 3.36. The van der Waals surface area contributed by atoms with Gasteiger partial charge in [0.2, 0.25) is 11.7 Å². The summed E-state index contributed by atoms with van der Waals surface area (Å²) in [6.07, 6.45) is 3.97. The van der Waals surface area contributed by atoms with Crippen LogP contribution in [0.25, 0.3) is 11.5 Å². The van der Waals surface area contributed by atoms with E-state index in [1.54, 1.807) is 6.20 Å². The molecule has 0 aromatic carbocycles. The van der Waals surface area contributed by atoms with E-state index in [4.69, 9.17) is 4.52 Å². The van der Waals surface area contributed by atoms with Gasteiger partial charge in [0.15, 0.2) is 0 Å². The van der Waals surface area contributed by atoms with Crippen molar-refractivity contribution in [2.24, 2.45) is 5.92 Å². The molecule has 2 aromatic heterocycles. The van der Waals surface area contributed by atoms with Crippen LogP contribution in [-0.4, -0.2) is 21.7 Å². The zero-order valence-corrected chi connectivity index (χ0v) is 12.2. The first kappa shape index (κ1) is 12.7. The van der Waals surface area contributed by atoms with Crippen LogP contribution in [-0.2, 0) is 0 Å². The lowest BCUT2D eigenvalue weighted by molar-refractivity contribution is 0.260. The molecule has 1 aliphatic rings. The molecule has 0 bridgehead atoms. The standard InChI is InChI=1S/C13H15BrN4O/c1-8-4-5-15-11(6-8)13-17-12(18-19-13)10-3-2-9(14)7-16-10/h2-3,7-8,11,15H,4-6H2,1H3. The Morgan fingerprint density at radius 2 is 2.32 bits per heavy atom. The summed E-state index contributed by atoms with van der Waals surface area (Å²) in [4.78, 5) is 8.72. The van der Waals surface area contributed by atoms with E-state index in [0.29, 0.717) is 17.6 Å². The van der Waals surface area contributed by atoms with Crippen LogP contribution in [0.4, 0.5) is 0 Å². The second kappa shape index (κ2) is 5.38. The fourth-order valence-corrected chi connectivity index (χ4v) is 2.52. The van der Waals surface area contributed by atoms with Crippen molar-refractivity contribution < 1.29 is 4.52 Å². The number of nitrogens with one attached hydrogen (secondary N) is 1. The van der Waals surface area contributed by atoms with Crippen molar-refractivity contribution in [3.05, 3.63) is 28.7 Å². The second-order valence-electron chi connectivity index (χ2n) is 4.95. The van der Waals surface area contributed by atoms with Gasteiger partial charge < -0.3 is 9.84 Å². The first-order valence-corrected chi connectivity index (χ1v) is 7.20. The summed E-state index contributed by atoms with van der Waals surface area (Å²) < 4.78 is 6.29. The molecule has 1 fully saturated rings. The average Bonchev–Trinajstić information content (AvgIpc) is 2.89. The summed E-state index contributed by atoms with van der Waals surface area (Å²) in [7, 11) is 0. The van der Waals surface area contributed by atoms with Crippen LogP contribution in [0.1, 0.15) is 31.7 Å². The van der Waals surface area contributed by atoms with Gasteiger partial charge in [-0.1, -0.05) is 12.1 Å². The first-order chi connectivity index (χ1) is 9.22. The molecule has 1 N–H and O–H groups in total. The molecule has 0 saturated carbocycles. The highest BCUT2D eigenvalue weighted by molar-refractivity contribution is 9.10. The van der Waals surface area contributed by atoms with Crippen LogP contribution >= 0.6 is 15.9 Å². The lowest BCUT2D eigenvalue weighted by Crippen LogP contribution is -2.30. The van der Waals surface area contributed by atoms with Gasteiger partial charge in [0, 0.05) is 10.7 Å². The SMILES string of the molecule is CC1CCNC(c2nc(-c3ccc(Br)cn3)no2)C1. The lowest BCUT2D eigenvalue weighted by atomic mass is 9.94. The summed E-state index contributed by atoms with van der Waals surface area (Å²) in [6, 6.07) is 3.95. The maximum Gasteiger partial charge on any atom is 0.244 e. The lowest BCUT2D eigenvalue weighted by Gasteiger charge is -2.25. The molecule has 0 aliphatic carbocycles. The van der Waals surface area contributed by atoms with Crippen LogP contribution in [0, 0.1) is 5.92 Å². The zero-order valence-electron chi connectivity index (χ0n) is 10.6. The molecular weight excluding hydrogens is 308 g/mol. The summed E-state index contributed by atoms with van der Waals surface area (Å²) in [6.45, 7) is 3.25. The van der Waals surface area contributed by atoms with E-state index in [2.05, 4.69) is 43.3 Å². The monoisotopic (exact) mass is 322 g/mol. The Kier molecular flexibility index (Phi) is 3.61. The molecule has 3 heterocycles. The fourth-order valence-electron chi connectivity index (χ4n) is 2.28. The maximum absolute atomic E-state index is 5.36. The number of pyridine rings is 1. The predicted molar refractivity (Wildman–Crippen MR) is 74.4 cm³/mol. The number of hydrogen-bond acceptors (Lipinski definition) is 5. The molecule has 0 spiro atoms. The van der Waals surface area contributed by atoms with Crippen LogP contribution in [0.15, 0.2) is 27.3 Å². The smallest absolute Gasteiger partial charge is 0.244 e. The molecule has 5 nitrogen and oxygen atoms in total. The van der Waals surface area contributed by atoms with Crippen molar-refractivity contribution in [2.75, 3.05) is 6.54 Å². The predicted octanol–water partition coefficient (Wildman–Crippen LogP) is 2.95. The Morgan fingerprint density at radius 3 is 3.05 bits per heavy atom. The van der Waals surface area contributed by atoms with Crippen LogP contribution in [0.3, 0.4) is 0 Å². The quantitative estimate of drug-likeness (QED) is 0.920. The molecule has 1 aliphatic heterocycles. The summed E-state index contributed by atoms with van der Waals surface area (Å²) in [5.74, 6) is 1.89. The Bertz CT molecular complexity index is 554. The second-order valence-corrected chi connectivity index (χ2v) is 5.87. The number of piperidine rings is 1. The maximum atomic E-state index is 5.36. The van der Waals surface area contributed by atoms with Crippen LogP contribution < -0.4 is 5.32 Å². The van der Waals surface area contributed by atoms with Gasteiger partial charge in [-0.2, -0.15) is 4.98 Å². The summed E-state index contributed by atoms with van der Waals surface area (Å²) in [5.41, 5.74) is 0.724. The number of halogens is 1. The van der Waals surface area contributed by atoms with E-state index in [1.165, 1.54) is 6.42 Å². The normalized spacial score (nSPS) is 23.5. The van der Waals surface area contributed by atoms with Gasteiger partial charge in [-0.25, -0.2) is 0 Å². The van der Waals surface area contributed by atoms with Gasteiger partial charge >= 0.3 is 0 Å². The molecular formula is C13H15BrN4O. The molecule has 2 unspecified atom stereocenters. The first-order valence-electron chi connectivity index (χ1n) is 6.41. The van der Waals surface area contributed by atoms with E-state index in [-0.39, 0.29) is 6.04 Å². The van der Waals surface area contributed by atoms with E-state index in [1.807, 2.05) is 12.1 Å². The zero-order chi connectivity index (χ0) is 13.2. The molecule has 100 valence electrons. The molecule has 0 radical (unpaired) electrons. The minimum absolute atomic E-state index is 0.167. The van der Waals surface area contributed by atoms with Crippen molar-refractivity contribution >= 4 is 15.9 Å². The molecule has 1 saturated heterocycles. The van der Waals surface area contributed by atoms with E-state index in [9.17, 15) is 0 Å². The Hall–Kier alpha value is -1.27. The van der Waals surface area contributed by atoms with E-state index < -0.39 is 0 Å². The van der Waals surface area contributed by atoms with Crippen molar-refractivity contribution in [1.29, 1.82) is 0 Å². The average molecular weight is 323 g/mol. The van der Waals surface area contributed by atoms with E-state index >= 15 is 0 Å². The van der Waals surface area contributed by atoms with Crippen molar-refractivity contribution in [1.82, 2.24) is 20.4 Å². The molecule has 19 heavy (non-hydrogen) atoms. The highest BCUT2D eigenvalue weighted by Crippen LogP contribution is 2.27. The summed E-state index contributed by atoms with van der Waals surface area (Å²) >= 11 is 3.36. The third kappa shape index (κ3) is 2.84. The highest BCUT2D eigenvalue weighted by Gasteiger charge is 2.25. The Morgan fingerprint density at radius 1 is 1.42 bits per heavy atom. The molecule has 2 aromatic rings. The number of rotatable bonds is 2. The van der Waals surface area contributed by atoms with Crippen molar-refractivity contribution in [2.45, 2.75) is 25.8 Å². The molecule has 0 amide bonds. The van der Waals surface area contributed by atoms with Gasteiger partial charge in [0.25, 0.3) is 0 Å². The summed E-state index contributed by atoms with van der Waals surface area (Å²) in [5, 5.41) is 7.43. The van der Waals surface area contributed by atoms with Gasteiger partial charge in [-0.3, -0.25) is 4.98 Å². The minimum Gasteiger partial charge on any atom is -0.337 e. The Labute approximate surface area is 119 Å². The van der Waals surface area contributed by atoms with Crippen LogP contribution in [0.5, 0.6) is 0 Å². The third-order valence-corrected chi connectivity index (χ3v) is 3.83. The van der Waals surface area contributed by atoms with Crippen molar-refractivity contribution in [3.8, 4) is 11.5 Å². The fraction of sp³-hybridized carbons (Fsp3) is 0.462. The van der Waals surface area contributed by atoms with E-state index in [0.717, 1.165) is 23.1 Å². The number of hydrogen-bond donors (Lipinski definition) is 1. The van der Waals surface area contributed by atoms with Crippen molar-refractivity contribution in [3.63, 3.8) is 0 Å². The molecule has 2 atom stereocenters. The minimum atomic E-state index is 0.167. The Balaban J connectivity index is 1.81. The number of nitrogens with zero attached hydrogens (tertiary/aromatic N) is 3. The topological polar surface area (TPSA) is 63.8 Å². The van der Waals surface area contributed by atoms with Gasteiger partial charge in [0.05, 0.1) is 6.04 Å². The molecule has 3 rings (SSSR count). The highest BCUT2D eigenvalue weighted by atomic mass is 79.9. The van der Waals surface area contributed by atoms with Gasteiger partial charge in [-0.05, 0) is 53.4 Å². The van der Waals surface area contributed by atoms with Gasteiger partial charge in [-0.15, -0.1) is 0 Å². The largest absolute Gasteiger partial charge is 0.337 e. The molecule has 6 heteroatoms.